The van der Waals surface area contributed by atoms with Crippen LogP contribution in [0, 0.1) is 0 Å². The van der Waals surface area contributed by atoms with Crippen LogP contribution in [0.2, 0.25) is 0 Å². The molecule has 0 aliphatic carbocycles. The zero-order valence-electron chi connectivity index (χ0n) is 10.8. The predicted octanol–water partition coefficient (Wildman–Crippen LogP) is 3.52. The number of hydrogen-bond donors (Lipinski definition) is 1. The van der Waals surface area contributed by atoms with Gasteiger partial charge in [0.05, 0.1) is 6.04 Å². The lowest BCUT2D eigenvalue weighted by Crippen LogP contribution is -2.26. The van der Waals surface area contributed by atoms with E-state index in [1.807, 2.05) is 42.5 Å². The van der Waals surface area contributed by atoms with Crippen molar-refractivity contribution in [1.82, 2.24) is 0 Å². The van der Waals surface area contributed by atoms with Gasteiger partial charge in [-0.05, 0) is 34.5 Å². The molecule has 0 radical (unpaired) electrons. The number of carbonyl (C=O) groups excluding carboxylic acids is 1. The Morgan fingerprint density at radius 1 is 0.947 bits per heavy atom. The van der Waals surface area contributed by atoms with Gasteiger partial charge < -0.3 is 5.73 Å². The normalized spacial score (nSPS) is 12.7. The van der Waals surface area contributed by atoms with Gasteiger partial charge in [0.1, 0.15) is 0 Å². The lowest BCUT2D eigenvalue weighted by molar-refractivity contribution is 0.0969. The van der Waals surface area contributed by atoms with Gasteiger partial charge >= 0.3 is 0 Å². The van der Waals surface area contributed by atoms with Crippen LogP contribution in [0.4, 0.5) is 0 Å². The van der Waals surface area contributed by atoms with Crippen molar-refractivity contribution in [3.8, 4) is 0 Å². The van der Waals surface area contributed by atoms with Gasteiger partial charge in [0.15, 0.2) is 5.78 Å². The van der Waals surface area contributed by atoms with Crippen LogP contribution in [0.3, 0.4) is 0 Å². The largest absolute Gasteiger partial charge is 0.321 e. The summed E-state index contributed by atoms with van der Waals surface area (Å²) in [6.07, 6.45) is 0. The van der Waals surface area contributed by atoms with Crippen LogP contribution in [0.5, 0.6) is 0 Å². The van der Waals surface area contributed by atoms with Crippen LogP contribution in [0.1, 0.15) is 17.3 Å². The Bertz CT molecular complexity index is 774. The Balaban J connectivity index is 2.46. The average molecular weight is 249 g/mol. The van der Waals surface area contributed by atoms with Gasteiger partial charge in [-0.3, -0.25) is 4.79 Å². The van der Waals surface area contributed by atoms with Crippen molar-refractivity contribution in [2.24, 2.45) is 5.73 Å². The van der Waals surface area contributed by atoms with Crippen LogP contribution in [0.15, 0.2) is 54.6 Å². The second-order valence-corrected chi connectivity index (χ2v) is 4.84. The average Bonchev–Trinajstić information content (AvgIpc) is 2.45. The maximum absolute atomic E-state index is 12.3. The van der Waals surface area contributed by atoms with E-state index in [1.165, 1.54) is 5.39 Å². The Labute approximate surface area is 111 Å². The van der Waals surface area contributed by atoms with E-state index in [2.05, 4.69) is 12.1 Å². The molecule has 0 aromatic heterocycles. The van der Waals surface area contributed by atoms with Crippen molar-refractivity contribution >= 4 is 27.3 Å². The molecule has 2 nitrogen and oxygen atoms in total. The quantitative estimate of drug-likeness (QED) is 0.557. The van der Waals surface area contributed by atoms with Crippen LogP contribution < -0.4 is 5.73 Å². The molecule has 1 atom stereocenters. The Morgan fingerprint density at radius 2 is 1.53 bits per heavy atom. The summed E-state index contributed by atoms with van der Waals surface area (Å²) >= 11 is 0. The molecule has 19 heavy (non-hydrogen) atoms. The number of hydrogen-bond acceptors (Lipinski definition) is 2. The maximum atomic E-state index is 12.3. The Hall–Kier alpha value is -2.19. The summed E-state index contributed by atoms with van der Waals surface area (Å²) in [5, 5.41) is 4.32. The van der Waals surface area contributed by atoms with Crippen molar-refractivity contribution in [3.05, 3.63) is 60.2 Å². The van der Waals surface area contributed by atoms with Gasteiger partial charge in [-0.25, -0.2) is 0 Å². The van der Waals surface area contributed by atoms with Gasteiger partial charge in [0.25, 0.3) is 0 Å². The first-order valence-electron chi connectivity index (χ1n) is 6.39. The molecule has 2 N–H and O–H groups in total. The van der Waals surface area contributed by atoms with E-state index in [9.17, 15) is 4.79 Å². The molecule has 94 valence electrons. The SMILES string of the molecule is CC(N)C(=O)c1cc2ccccc2c2ccccc12. The zero-order chi connectivity index (χ0) is 13.4. The van der Waals surface area contributed by atoms with Crippen molar-refractivity contribution in [3.63, 3.8) is 0 Å². The molecule has 2 heteroatoms. The minimum Gasteiger partial charge on any atom is -0.321 e. The van der Waals surface area contributed by atoms with Gasteiger partial charge in [-0.15, -0.1) is 0 Å². The number of ketones is 1. The molecule has 0 saturated carbocycles. The maximum Gasteiger partial charge on any atom is 0.179 e. The Morgan fingerprint density at radius 3 is 2.21 bits per heavy atom. The summed E-state index contributed by atoms with van der Waals surface area (Å²) < 4.78 is 0. The molecule has 0 amide bonds. The minimum atomic E-state index is -0.482. The van der Waals surface area contributed by atoms with E-state index >= 15 is 0 Å². The third kappa shape index (κ3) is 1.90. The van der Waals surface area contributed by atoms with Crippen molar-refractivity contribution in [1.29, 1.82) is 0 Å². The van der Waals surface area contributed by atoms with Crippen molar-refractivity contribution < 1.29 is 4.79 Å². The van der Waals surface area contributed by atoms with E-state index in [0.717, 1.165) is 16.2 Å². The van der Waals surface area contributed by atoms with E-state index in [0.29, 0.717) is 5.56 Å². The number of benzene rings is 3. The molecule has 0 bridgehead atoms. The molecular weight excluding hydrogens is 234 g/mol. The highest BCUT2D eigenvalue weighted by Gasteiger charge is 2.15. The van der Waals surface area contributed by atoms with Crippen molar-refractivity contribution in [2.75, 3.05) is 0 Å². The molecule has 3 aromatic carbocycles. The topological polar surface area (TPSA) is 43.1 Å². The summed E-state index contributed by atoms with van der Waals surface area (Å²) in [5.41, 5.74) is 6.47. The first-order chi connectivity index (χ1) is 9.18. The van der Waals surface area contributed by atoms with Crippen LogP contribution in [-0.2, 0) is 0 Å². The number of carbonyl (C=O) groups is 1. The summed E-state index contributed by atoms with van der Waals surface area (Å²) in [5.74, 6) is -0.0121. The van der Waals surface area contributed by atoms with Gasteiger partial charge in [-0.1, -0.05) is 48.5 Å². The molecule has 1 unspecified atom stereocenters. The monoisotopic (exact) mass is 249 g/mol. The number of Topliss-reactive ketones (excluding diaryl/α,β-unsaturated/α-hetero) is 1. The smallest absolute Gasteiger partial charge is 0.179 e. The molecular formula is C17H15NO. The molecule has 0 aliphatic heterocycles. The van der Waals surface area contributed by atoms with Crippen LogP contribution in [-0.4, -0.2) is 11.8 Å². The minimum absolute atomic E-state index is 0.0121. The predicted molar refractivity (Wildman–Crippen MR) is 79.4 cm³/mol. The second-order valence-electron chi connectivity index (χ2n) is 4.84. The second kappa shape index (κ2) is 4.48. The molecule has 0 fully saturated rings. The lowest BCUT2D eigenvalue weighted by atomic mass is 9.93. The summed E-state index contributed by atoms with van der Waals surface area (Å²) in [6, 6.07) is 17.6. The molecule has 0 heterocycles. The van der Waals surface area contributed by atoms with Crippen LogP contribution in [0.25, 0.3) is 21.5 Å². The summed E-state index contributed by atoms with van der Waals surface area (Å²) in [4.78, 5) is 12.3. The standard InChI is InChI=1S/C17H15NO/c1-11(18)17(19)16-10-12-6-2-3-7-13(12)14-8-4-5-9-15(14)16/h2-11H,18H2,1H3. The Kier molecular flexibility index (Phi) is 2.80. The van der Waals surface area contributed by atoms with Crippen molar-refractivity contribution in [2.45, 2.75) is 13.0 Å². The molecule has 0 spiro atoms. The highest BCUT2D eigenvalue weighted by atomic mass is 16.1. The fourth-order valence-corrected chi connectivity index (χ4v) is 2.50. The number of rotatable bonds is 2. The number of nitrogens with two attached hydrogens (primary N) is 1. The zero-order valence-corrected chi connectivity index (χ0v) is 10.8. The third-order valence-corrected chi connectivity index (χ3v) is 3.45. The molecule has 0 aliphatic rings. The first-order valence-corrected chi connectivity index (χ1v) is 6.39. The number of fused-ring (bicyclic) bond motifs is 3. The van der Waals surface area contributed by atoms with E-state index in [1.54, 1.807) is 6.92 Å². The first kappa shape index (κ1) is 11.9. The third-order valence-electron chi connectivity index (χ3n) is 3.45. The molecule has 3 rings (SSSR count). The molecule has 0 saturated heterocycles. The van der Waals surface area contributed by atoms with E-state index in [-0.39, 0.29) is 5.78 Å². The lowest BCUT2D eigenvalue weighted by Gasteiger charge is -2.11. The van der Waals surface area contributed by atoms with Crippen LogP contribution >= 0.6 is 0 Å². The summed E-state index contributed by atoms with van der Waals surface area (Å²) in [6.45, 7) is 1.73. The highest BCUT2D eigenvalue weighted by molar-refractivity contribution is 6.18. The molecule has 3 aromatic rings. The summed E-state index contributed by atoms with van der Waals surface area (Å²) in [7, 11) is 0. The highest BCUT2D eigenvalue weighted by Crippen LogP contribution is 2.29. The van der Waals surface area contributed by atoms with Gasteiger partial charge in [-0.2, -0.15) is 0 Å². The van der Waals surface area contributed by atoms with Gasteiger partial charge in [0.2, 0.25) is 0 Å². The fourth-order valence-electron chi connectivity index (χ4n) is 2.50. The van der Waals surface area contributed by atoms with E-state index < -0.39 is 6.04 Å². The van der Waals surface area contributed by atoms with E-state index in [4.69, 9.17) is 5.73 Å². The fraction of sp³-hybridized carbons (Fsp3) is 0.118. The van der Waals surface area contributed by atoms with Gasteiger partial charge in [0, 0.05) is 5.56 Å².